The number of nitrogens with two attached hydrogens (primary N) is 3. The van der Waals surface area contributed by atoms with E-state index in [2.05, 4.69) is 58.2 Å². The SMILES string of the molecule is CC[C@H](C)[C@@H]1NC(=O)[C@H](Cc2ccc(O)cc2)NC(=O)CSC[C@@H](C(N)=O)NC(=O)CNC(=O)CNC(=O)[C@H](Cc2ccc(O)cc2)NC(=O)[C@H](CC(=O)O)NC(=O)[C@H](Cc2ccc(O)cc2)NC(=O)[C@H](CC(C)C)NC(=O)[C@H](CCCN=C(N)N)NC1=O. The molecule has 0 aromatic heterocycles. The number of hydrogen-bond acceptors (Lipinski definition) is 17. The lowest BCUT2D eigenvalue weighted by atomic mass is 9.96. The van der Waals surface area contributed by atoms with Crippen LogP contribution in [0.2, 0.25) is 0 Å². The summed E-state index contributed by atoms with van der Waals surface area (Å²) in [6.07, 6.45) is -1.77. The summed E-state index contributed by atoms with van der Waals surface area (Å²) in [6, 6.07) is 4.24. The lowest BCUT2D eigenvalue weighted by Gasteiger charge is -2.30. The third kappa shape index (κ3) is 25.7. The van der Waals surface area contributed by atoms with Gasteiger partial charge in [-0.05, 0) is 84.2 Å². The number of aliphatic imine (C=N–C) groups is 1. The molecule has 1 fully saturated rings. The number of carboxylic acids is 1. The highest BCUT2D eigenvalue weighted by Gasteiger charge is 2.37. The number of nitrogens with zero attached hydrogens (tertiary/aromatic N) is 1. The summed E-state index contributed by atoms with van der Waals surface area (Å²) >= 11 is 0.836. The fourth-order valence-electron chi connectivity index (χ4n) is 8.87. The van der Waals surface area contributed by atoms with Crippen molar-refractivity contribution in [1.82, 2.24) is 53.2 Å². The second kappa shape index (κ2) is 35.8. The van der Waals surface area contributed by atoms with Gasteiger partial charge in [0.2, 0.25) is 65.0 Å². The van der Waals surface area contributed by atoms with Crippen molar-refractivity contribution in [3.8, 4) is 17.2 Å². The third-order valence-electron chi connectivity index (χ3n) is 13.8. The van der Waals surface area contributed by atoms with Crippen molar-refractivity contribution in [2.24, 2.45) is 34.0 Å². The zero-order chi connectivity index (χ0) is 65.9. The smallest absolute Gasteiger partial charge is 0.305 e. The van der Waals surface area contributed by atoms with Gasteiger partial charge in [0, 0.05) is 31.6 Å². The summed E-state index contributed by atoms with van der Waals surface area (Å²) in [4.78, 5) is 169. The second-order valence-electron chi connectivity index (χ2n) is 21.6. The third-order valence-corrected chi connectivity index (χ3v) is 14.9. The normalized spacial score (nSPS) is 22.6. The molecule has 3 aromatic rings. The van der Waals surface area contributed by atoms with Crippen LogP contribution in [0.4, 0.5) is 0 Å². The number of hydrogen-bond donors (Lipinski definition) is 17. The Balaban J connectivity index is 1.81. The topological polar surface area (TPSA) is 496 Å². The summed E-state index contributed by atoms with van der Waals surface area (Å²) < 4.78 is 0. The molecule has 20 N–H and O–H groups in total. The van der Waals surface area contributed by atoms with Crippen LogP contribution in [0.1, 0.15) is 76.5 Å². The minimum Gasteiger partial charge on any atom is -0.508 e. The molecule has 0 spiro atoms. The highest BCUT2D eigenvalue weighted by atomic mass is 32.2. The highest BCUT2D eigenvalue weighted by Crippen LogP contribution is 2.18. The minimum atomic E-state index is -1.96. The van der Waals surface area contributed by atoms with Crippen molar-refractivity contribution in [1.29, 1.82) is 0 Å². The Morgan fingerprint density at radius 2 is 0.978 bits per heavy atom. The summed E-state index contributed by atoms with van der Waals surface area (Å²) in [7, 11) is 0. The van der Waals surface area contributed by atoms with Crippen LogP contribution >= 0.6 is 11.8 Å². The van der Waals surface area contributed by atoms with Crippen molar-refractivity contribution in [2.75, 3.05) is 31.1 Å². The maximum Gasteiger partial charge on any atom is 0.305 e. The van der Waals surface area contributed by atoms with E-state index in [4.69, 9.17) is 17.2 Å². The number of benzene rings is 3. The molecule has 30 nitrogen and oxygen atoms in total. The maximum atomic E-state index is 14.6. The Morgan fingerprint density at radius 1 is 0.539 bits per heavy atom. The van der Waals surface area contributed by atoms with Crippen LogP contribution in [0.5, 0.6) is 17.2 Å². The Hall–Kier alpha value is -9.68. The molecule has 1 heterocycles. The average molecular weight is 1260 g/mol. The van der Waals surface area contributed by atoms with E-state index >= 15 is 0 Å². The number of guanidine groups is 1. The van der Waals surface area contributed by atoms with Crippen LogP contribution in [0, 0.1) is 11.8 Å². The van der Waals surface area contributed by atoms with Gasteiger partial charge < -0.3 is 90.8 Å². The van der Waals surface area contributed by atoms with Crippen molar-refractivity contribution in [3.63, 3.8) is 0 Å². The van der Waals surface area contributed by atoms with Crippen LogP contribution < -0.4 is 70.4 Å². The quantitative estimate of drug-likeness (QED) is 0.0359. The number of aromatic hydroxyl groups is 3. The number of phenols is 3. The lowest BCUT2D eigenvalue weighted by Crippen LogP contribution is -2.61. The summed E-state index contributed by atoms with van der Waals surface area (Å²) in [5.41, 5.74) is 17.9. The molecule has 3 aromatic carbocycles. The van der Waals surface area contributed by atoms with Crippen LogP contribution in [-0.2, 0) is 76.8 Å². The van der Waals surface area contributed by atoms with E-state index in [0.717, 1.165) is 11.8 Å². The van der Waals surface area contributed by atoms with E-state index in [-0.39, 0.29) is 79.9 Å². The summed E-state index contributed by atoms with van der Waals surface area (Å²) in [5, 5.41) is 65.0. The molecular weight excluding hydrogens is 1180 g/mol. The Bertz CT molecular complexity index is 3000. The van der Waals surface area contributed by atoms with Gasteiger partial charge in [-0.3, -0.25) is 62.5 Å². The standard InChI is InChI=1S/C58H80N14O16S/c1-5-31(4)49-57(88)67-38(7-6-20-62-58(60)61)52(83)68-39(21-30(2)3)53(84)70-42(24-34-12-18-37(75)19-13-34)54(85)71-43(25-48(79)80)55(86)69-40(22-32-8-14-35(73)15-9-32)51(82)64-26-45(76)63-27-46(77)66-44(50(59)81)28-89-29-47(78)65-41(56(87)72-49)23-33-10-16-36(74)17-11-33/h8-19,30-31,38-44,49,73-75H,5-7,20-29H2,1-4H3,(H2,59,81)(H,63,76)(H,64,82)(H,65,78)(H,66,77)(H,67,88)(H,68,83)(H,69,86)(H,70,84)(H,71,85)(H,72,87)(H,79,80)(H4,60,61,62)/t31-,38-,39-,40-,41-,42-,43-,44-,49-/m0/s1. The molecule has 31 heteroatoms. The number of carboxylic acid groups (broad SMARTS) is 1. The van der Waals surface area contributed by atoms with Gasteiger partial charge in [0.1, 0.15) is 65.6 Å². The number of aliphatic carboxylic acids is 1. The molecule has 0 aliphatic carbocycles. The number of nitrogens with one attached hydrogen (secondary N) is 10. The fraction of sp³-hybridized carbons (Fsp3) is 0.466. The minimum absolute atomic E-state index is 0.0160. The van der Waals surface area contributed by atoms with E-state index in [1.165, 1.54) is 72.8 Å². The first-order valence-corrected chi connectivity index (χ1v) is 29.7. The lowest BCUT2D eigenvalue weighted by molar-refractivity contribution is -0.141. The molecule has 11 amide bonds. The molecule has 1 saturated heterocycles. The number of thioether (sulfide) groups is 1. The van der Waals surface area contributed by atoms with Gasteiger partial charge in [0.25, 0.3) is 0 Å². The van der Waals surface area contributed by atoms with Crippen LogP contribution in [0.3, 0.4) is 0 Å². The van der Waals surface area contributed by atoms with Gasteiger partial charge in [-0.15, -0.1) is 11.8 Å². The predicted molar refractivity (Wildman–Crippen MR) is 324 cm³/mol. The Morgan fingerprint density at radius 3 is 1.47 bits per heavy atom. The van der Waals surface area contributed by atoms with Crippen LogP contribution in [-0.4, -0.2) is 177 Å². The van der Waals surface area contributed by atoms with Gasteiger partial charge in [0.15, 0.2) is 5.96 Å². The van der Waals surface area contributed by atoms with Crippen molar-refractivity contribution < 1.29 is 78.0 Å². The van der Waals surface area contributed by atoms with Crippen molar-refractivity contribution >= 4 is 88.7 Å². The molecule has 89 heavy (non-hydrogen) atoms. The molecule has 1 aliphatic rings. The summed E-state index contributed by atoms with van der Waals surface area (Å²) in [5.74, 6) is -14.5. The van der Waals surface area contributed by atoms with Crippen molar-refractivity contribution in [2.45, 2.75) is 127 Å². The molecule has 0 bridgehead atoms. The molecule has 0 saturated carbocycles. The Labute approximate surface area is 517 Å². The zero-order valence-electron chi connectivity index (χ0n) is 49.7. The molecule has 9 atom stereocenters. The first-order chi connectivity index (χ1) is 42.1. The first kappa shape index (κ1) is 71.8. The highest BCUT2D eigenvalue weighted by molar-refractivity contribution is 8.00. The number of rotatable bonds is 17. The molecular formula is C58H80N14O16S. The number of phenolic OH excluding ortho intramolecular Hbond substituents is 3. The van der Waals surface area contributed by atoms with Gasteiger partial charge in [-0.25, -0.2) is 0 Å². The largest absolute Gasteiger partial charge is 0.508 e. The number of carbonyl (C=O) groups is 12. The predicted octanol–water partition coefficient (Wildman–Crippen LogP) is -3.21. The molecule has 0 radical (unpaired) electrons. The Kier molecular flexibility index (Phi) is 28.9. The molecule has 0 unspecified atom stereocenters. The number of amides is 11. The maximum absolute atomic E-state index is 14.6. The van der Waals surface area contributed by atoms with E-state index < -0.39 is 150 Å². The van der Waals surface area contributed by atoms with Gasteiger partial charge >= 0.3 is 5.97 Å². The van der Waals surface area contributed by atoms with E-state index in [1.807, 2.05) is 0 Å². The van der Waals surface area contributed by atoms with Crippen molar-refractivity contribution in [3.05, 3.63) is 89.5 Å². The van der Waals surface area contributed by atoms with Gasteiger partial charge in [-0.1, -0.05) is 70.5 Å². The van der Waals surface area contributed by atoms with E-state index in [9.17, 15) is 78.0 Å². The van der Waals surface area contributed by atoms with Gasteiger partial charge in [-0.2, -0.15) is 0 Å². The fourth-order valence-corrected chi connectivity index (χ4v) is 9.74. The average Bonchev–Trinajstić information content (AvgIpc) is 2.33. The zero-order valence-corrected chi connectivity index (χ0v) is 50.5. The summed E-state index contributed by atoms with van der Waals surface area (Å²) in [6.45, 7) is 5.28. The van der Waals surface area contributed by atoms with E-state index in [0.29, 0.717) is 23.1 Å². The molecule has 4 rings (SSSR count). The van der Waals surface area contributed by atoms with Gasteiger partial charge in [0.05, 0.1) is 25.3 Å². The van der Waals surface area contributed by atoms with E-state index in [1.54, 1.807) is 27.7 Å². The van der Waals surface area contributed by atoms with Crippen LogP contribution in [0.25, 0.3) is 0 Å². The molecule has 1 aliphatic heterocycles. The molecule has 484 valence electrons. The van der Waals surface area contributed by atoms with Crippen LogP contribution in [0.15, 0.2) is 77.8 Å². The number of carbonyl (C=O) groups excluding carboxylic acids is 11. The second-order valence-corrected chi connectivity index (χ2v) is 22.6. The number of primary amides is 1. The monoisotopic (exact) mass is 1260 g/mol. The first-order valence-electron chi connectivity index (χ1n) is 28.5.